The molecule has 2 atom stereocenters. The topological polar surface area (TPSA) is 111 Å². The van der Waals surface area contributed by atoms with Gasteiger partial charge in [0.25, 0.3) is 0 Å². The molecule has 0 saturated carbocycles. The smallest absolute Gasteiger partial charge is 0.488 e. The van der Waals surface area contributed by atoms with Crippen LogP contribution in [0.5, 0.6) is 11.5 Å². The Hall–Kier alpha value is -2.03. The van der Waals surface area contributed by atoms with E-state index in [1.165, 1.54) is 11.8 Å². The van der Waals surface area contributed by atoms with E-state index in [-0.39, 0.29) is 18.3 Å². The lowest BCUT2D eigenvalue weighted by Crippen LogP contribution is -2.08. The first-order valence-corrected chi connectivity index (χ1v) is 13.3. The standard InChI is InChI=1S/C24H27ClNO6PS/c1-17(15-31-33(28,29)32-26)7-8-19-9-11-21(14-22(19)25)34-24-13-20(10-12-23(24)27)30-16-18-5-3-2-4-6-18/h2-6,9-14,17,27H,7-8,15-16,26H2,1H3,(H,28,29). The van der Waals surface area contributed by atoms with Crippen LogP contribution in [0.2, 0.25) is 5.02 Å². The quantitative estimate of drug-likeness (QED) is 0.186. The number of phosphoric ester groups is 1. The fourth-order valence-electron chi connectivity index (χ4n) is 3.07. The van der Waals surface area contributed by atoms with Gasteiger partial charge in [0.15, 0.2) is 0 Å². The van der Waals surface area contributed by atoms with Crippen LogP contribution in [0, 0.1) is 5.92 Å². The Morgan fingerprint density at radius 3 is 2.59 bits per heavy atom. The van der Waals surface area contributed by atoms with E-state index in [1.54, 1.807) is 18.2 Å². The molecule has 0 aromatic heterocycles. The summed E-state index contributed by atoms with van der Waals surface area (Å²) in [5, 5.41) is 10.9. The Morgan fingerprint density at radius 1 is 1.12 bits per heavy atom. The average molecular weight is 524 g/mol. The molecule has 0 radical (unpaired) electrons. The summed E-state index contributed by atoms with van der Waals surface area (Å²) in [5.74, 6) is 5.54. The number of phenolic OH excluding ortho intramolecular Hbond substituents is 1. The lowest BCUT2D eigenvalue weighted by Gasteiger charge is -2.14. The maximum Gasteiger partial charge on any atom is 0.488 e. The molecule has 0 amide bonds. The molecule has 0 saturated heterocycles. The van der Waals surface area contributed by atoms with Gasteiger partial charge in [-0.15, -0.1) is 0 Å². The van der Waals surface area contributed by atoms with Gasteiger partial charge in [-0.3, -0.25) is 4.52 Å². The highest BCUT2D eigenvalue weighted by molar-refractivity contribution is 7.99. The third-order valence-corrected chi connectivity index (χ3v) is 7.12. The Bertz CT molecular complexity index is 1130. The predicted molar refractivity (Wildman–Crippen MR) is 133 cm³/mol. The summed E-state index contributed by atoms with van der Waals surface area (Å²) in [7, 11) is -4.18. The van der Waals surface area contributed by atoms with Crippen LogP contribution in [0.3, 0.4) is 0 Å². The first-order valence-electron chi connectivity index (χ1n) is 10.6. The van der Waals surface area contributed by atoms with Crippen LogP contribution in [-0.4, -0.2) is 16.6 Å². The van der Waals surface area contributed by atoms with Gasteiger partial charge in [0.05, 0.1) is 11.5 Å². The summed E-state index contributed by atoms with van der Waals surface area (Å²) in [6, 6.07) is 20.7. The minimum atomic E-state index is -4.18. The van der Waals surface area contributed by atoms with Crippen LogP contribution in [-0.2, 0) is 26.7 Å². The Kier molecular flexibility index (Phi) is 9.85. The van der Waals surface area contributed by atoms with E-state index in [2.05, 4.69) is 4.62 Å². The molecule has 3 aromatic carbocycles. The van der Waals surface area contributed by atoms with Crippen LogP contribution in [0.15, 0.2) is 76.5 Å². The Morgan fingerprint density at radius 2 is 1.88 bits per heavy atom. The lowest BCUT2D eigenvalue weighted by atomic mass is 10.0. The molecule has 4 N–H and O–H groups in total. The molecule has 0 aliphatic carbocycles. The normalized spacial score (nSPS) is 13.9. The number of ether oxygens (including phenoxy) is 1. The van der Waals surface area contributed by atoms with E-state index in [0.717, 1.165) is 16.0 Å². The molecular weight excluding hydrogens is 497 g/mol. The zero-order chi connectivity index (χ0) is 24.6. The predicted octanol–water partition coefficient (Wildman–Crippen LogP) is 6.35. The van der Waals surface area contributed by atoms with Crippen LogP contribution >= 0.6 is 31.2 Å². The summed E-state index contributed by atoms with van der Waals surface area (Å²) in [6.07, 6.45) is 1.36. The molecule has 3 aromatic rings. The molecule has 0 fully saturated rings. The van der Waals surface area contributed by atoms with Crippen molar-refractivity contribution in [3.05, 3.63) is 82.9 Å². The third kappa shape index (κ3) is 8.32. The summed E-state index contributed by atoms with van der Waals surface area (Å²) < 4.78 is 25.9. The lowest BCUT2D eigenvalue weighted by molar-refractivity contribution is 0.133. The number of halogens is 1. The van der Waals surface area contributed by atoms with Gasteiger partial charge in [-0.1, -0.05) is 66.7 Å². The molecule has 0 spiro atoms. The van der Waals surface area contributed by atoms with Crippen LogP contribution in [0.25, 0.3) is 0 Å². The van der Waals surface area contributed by atoms with Crippen molar-refractivity contribution in [1.29, 1.82) is 0 Å². The minimum Gasteiger partial charge on any atom is -0.507 e. The highest BCUT2D eigenvalue weighted by Crippen LogP contribution is 2.41. The van der Waals surface area contributed by atoms with E-state index < -0.39 is 7.82 Å². The molecule has 34 heavy (non-hydrogen) atoms. The van der Waals surface area contributed by atoms with Crippen LogP contribution in [0.1, 0.15) is 24.5 Å². The highest BCUT2D eigenvalue weighted by atomic mass is 35.5. The monoisotopic (exact) mass is 523 g/mol. The number of aryl methyl sites for hydroxylation is 1. The fraction of sp³-hybridized carbons (Fsp3) is 0.250. The summed E-state index contributed by atoms with van der Waals surface area (Å²) in [5.41, 5.74) is 2.01. The van der Waals surface area contributed by atoms with Crippen LogP contribution < -0.4 is 10.6 Å². The third-order valence-electron chi connectivity index (χ3n) is 4.99. The molecule has 182 valence electrons. The molecule has 7 nitrogen and oxygen atoms in total. The van der Waals surface area contributed by atoms with Gasteiger partial charge < -0.3 is 14.7 Å². The van der Waals surface area contributed by atoms with Crippen molar-refractivity contribution in [3.8, 4) is 11.5 Å². The maximum atomic E-state index is 11.3. The number of hydrogen-bond acceptors (Lipinski definition) is 7. The molecule has 10 heteroatoms. The number of nitrogens with two attached hydrogens (primary N) is 1. The van der Waals surface area contributed by atoms with Crippen molar-refractivity contribution in [1.82, 2.24) is 0 Å². The van der Waals surface area contributed by atoms with E-state index >= 15 is 0 Å². The zero-order valence-electron chi connectivity index (χ0n) is 18.6. The van der Waals surface area contributed by atoms with Gasteiger partial charge in [0.2, 0.25) is 0 Å². The maximum absolute atomic E-state index is 11.3. The number of benzene rings is 3. The van der Waals surface area contributed by atoms with Gasteiger partial charge in [-0.2, -0.15) is 0 Å². The minimum absolute atomic E-state index is 0.00341. The van der Waals surface area contributed by atoms with E-state index in [4.69, 9.17) is 26.8 Å². The van der Waals surface area contributed by atoms with Crippen molar-refractivity contribution in [2.24, 2.45) is 11.8 Å². The van der Waals surface area contributed by atoms with Crippen molar-refractivity contribution < 1.29 is 28.5 Å². The first kappa shape index (κ1) is 26.6. The number of rotatable bonds is 12. The zero-order valence-corrected chi connectivity index (χ0v) is 21.1. The average Bonchev–Trinajstić information content (AvgIpc) is 2.83. The van der Waals surface area contributed by atoms with Crippen molar-refractivity contribution >= 4 is 31.2 Å². The molecule has 0 heterocycles. The summed E-state index contributed by atoms with van der Waals surface area (Å²) in [6.45, 7) is 2.37. The van der Waals surface area contributed by atoms with Gasteiger partial charge in [0.1, 0.15) is 18.1 Å². The second-order valence-electron chi connectivity index (χ2n) is 7.77. The molecule has 3 rings (SSSR count). The second-order valence-corrected chi connectivity index (χ2v) is 10.7. The number of phenols is 1. The van der Waals surface area contributed by atoms with Gasteiger partial charge in [-0.05, 0) is 60.2 Å². The van der Waals surface area contributed by atoms with Gasteiger partial charge >= 0.3 is 7.82 Å². The van der Waals surface area contributed by atoms with E-state index in [0.29, 0.717) is 35.1 Å². The van der Waals surface area contributed by atoms with E-state index in [9.17, 15) is 14.6 Å². The molecular formula is C24H27ClNO6PS. The molecule has 0 bridgehead atoms. The second kappa shape index (κ2) is 12.6. The molecule has 0 aliphatic rings. The van der Waals surface area contributed by atoms with Crippen molar-refractivity contribution in [2.75, 3.05) is 6.61 Å². The summed E-state index contributed by atoms with van der Waals surface area (Å²) >= 11 is 7.88. The van der Waals surface area contributed by atoms with Gasteiger partial charge in [0, 0.05) is 9.92 Å². The SMILES string of the molecule is CC(CCc1ccc(Sc2cc(OCc3ccccc3)ccc2O)cc1Cl)COP(=O)(O)ON. The van der Waals surface area contributed by atoms with Crippen molar-refractivity contribution in [2.45, 2.75) is 36.2 Å². The Labute approximate surface area is 208 Å². The van der Waals surface area contributed by atoms with Crippen LogP contribution in [0.4, 0.5) is 0 Å². The van der Waals surface area contributed by atoms with Crippen molar-refractivity contribution in [3.63, 3.8) is 0 Å². The van der Waals surface area contributed by atoms with E-state index in [1.807, 2.05) is 55.5 Å². The Balaban J connectivity index is 1.57. The largest absolute Gasteiger partial charge is 0.507 e. The highest BCUT2D eigenvalue weighted by Gasteiger charge is 2.20. The number of aromatic hydroxyl groups is 1. The number of phosphoric acid groups is 1. The number of hydrogen-bond donors (Lipinski definition) is 3. The first-order chi connectivity index (χ1) is 16.3. The molecule has 0 aliphatic heterocycles. The molecule has 2 unspecified atom stereocenters. The fourth-order valence-corrected chi connectivity index (χ4v) is 4.82. The summed E-state index contributed by atoms with van der Waals surface area (Å²) in [4.78, 5) is 10.7. The van der Waals surface area contributed by atoms with Gasteiger partial charge in [-0.25, -0.2) is 15.1 Å².